The van der Waals surface area contributed by atoms with E-state index in [0.29, 0.717) is 54.1 Å². The summed E-state index contributed by atoms with van der Waals surface area (Å²) < 4.78 is 0. The number of halogens is 1. The van der Waals surface area contributed by atoms with Crippen molar-refractivity contribution in [3.8, 4) is 11.3 Å². The first-order valence-electron chi connectivity index (χ1n) is 16.1. The zero-order valence-corrected chi connectivity index (χ0v) is 28.7. The molecule has 3 heterocycles. The van der Waals surface area contributed by atoms with E-state index >= 15 is 0 Å². The Morgan fingerprint density at radius 3 is 2.54 bits per heavy atom. The summed E-state index contributed by atoms with van der Waals surface area (Å²) >= 11 is 6.48. The Morgan fingerprint density at radius 2 is 1.83 bits per heavy atom. The second-order valence-electron chi connectivity index (χ2n) is 11.2. The van der Waals surface area contributed by atoms with Crippen molar-refractivity contribution in [3.05, 3.63) is 83.7 Å². The molecular formula is C36H48ClN7O2. The summed E-state index contributed by atoms with van der Waals surface area (Å²) in [5, 5.41) is 7.72. The van der Waals surface area contributed by atoms with Gasteiger partial charge in [0.2, 0.25) is 11.9 Å². The Bertz CT molecular complexity index is 1570. The zero-order valence-electron chi connectivity index (χ0n) is 27.9. The number of aromatic nitrogens is 3. The number of aromatic amines is 1. The highest BCUT2D eigenvalue weighted by Gasteiger charge is 2.25. The minimum Gasteiger partial charge on any atom is -0.360 e. The molecule has 46 heavy (non-hydrogen) atoms. The maximum Gasteiger partial charge on any atom is 0.253 e. The van der Waals surface area contributed by atoms with E-state index in [-0.39, 0.29) is 17.7 Å². The molecule has 2 aromatic heterocycles. The Morgan fingerprint density at radius 1 is 1.11 bits per heavy atom. The maximum atomic E-state index is 13.2. The smallest absolute Gasteiger partial charge is 0.253 e. The first kappa shape index (κ1) is 36.3. The van der Waals surface area contributed by atoms with E-state index in [0.717, 1.165) is 29.3 Å². The predicted molar refractivity (Wildman–Crippen MR) is 192 cm³/mol. The van der Waals surface area contributed by atoms with Gasteiger partial charge in [0.1, 0.15) is 0 Å². The molecule has 1 atom stereocenters. The number of likely N-dealkylation sites (N-methyl/N-ethyl adjacent to an activating group) is 1. The van der Waals surface area contributed by atoms with Gasteiger partial charge in [0.15, 0.2) is 0 Å². The first-order chi connectivity index (χ1) is 22.3. The van der Waals surface area contributed by atoms with Crippen LogP contribution in [-0.4, -0.2) is 76.8 Å². The third-order valence-corrected chi connectivity index (χ3v) is 7.36. The van der Waals surface area contributed by atoms with E-state index in [9.17, 15) is 9.59 Å². The molecule has 0 saturated carbocycles. The minimum atomic E-state index is -0.199. The van der Waals surface area contributed by atoms with Crippen molar-refractivity contribution >= 4 is 46.0 Å². The maximum absolute atomic E-state index is 13.2. The molecule has 0 aliphatic carbocycles. The van der Waals surface area contributed by atoms with Gasteiger partial charge in [-0.15, -0.1) is 0 Å². The summed E-state index contributed by atoms with van der Waals surface area (Å²) in [6.45, 7) is 10.9. The molecule has 0 radical (unpaired) electrons. The molecule has 1 fully saturated rings. The van der Waals surface area contributed by atoms with E-state index < -0.39 is 0 Å². The number of rotatable bonds is 9. The van der Waals surface area contributed by atoms with Crippen molar-refractivity contribution in [1.82, 2.24) is 24.8 Å². The van der Waals surface area contributed by atoms with Crippen LogP contribution in [0.2, 0.25) is 5.02 Å². The van der Waals surface area contributed by atoms with Gasteiger partial charge in [-0.3, -0.25) is 9.59 Å². The molecule has 1 unspecified atom stereocenters. The van der Waals surface area contributed by atoms with Crippen LogP contribution in [0.3, 0.4) is 0 Å². The molecule has 0 bridgehead atoms. The van der Waals surface area contributed by atoms with Crippen LogP contribution >= 0.6 is 11.6 Å². The van der Waals surface area contributed by atoms with Crippen LogP contribution in [0.25, 0.3) is 22.2 Å². The summed E-state index contributed by atoms with van der Waals surface area (Å²) in [7, 11) is 3.88. The number of carbonyl (C=O) groups is 2. The summed E-state index contributed by atoms with van der Waals surface area (Å²) in [4.78, 5) is 41.6. The Labute approximate surface area is 278 Å². The van der Waals surface area contributed by atoms with Gasteiger partial charge in [0.05, 0.1) is 16.9 Å². The molecule has 4 aromatic rings. The number of benzene rings is 2. The number of nitrogens with one attached hydrogen (secondary N) is 3. The number of hydrogen-bond acceptors (Lipinski definition) is 6. The highest BCUT2D eigenvalue weighted by molar-refractivity contribution is 6.33. The number of nitrogens with zero attached hydrogens (tertiary/aromatic N) is 4. The third-order valence-electron chi connectivity index (χ3n) is 7.08. The Kier molecular flexibility index (Phi) is 14.7. The molecular weight excluding hydrogens is 598 g/mol. The number of amides is 2. The highest BCUT2D eigenvalue weighted by atomic mass is 35.5. The highest BCUT2D eigenvalue weighted by Crippen LogP contribution is 2.32. The van der Waals surface area contributed by atoms with Gasteiger partial charge >= 0.3 is 0 Å². The SMILES string of the molecule is CC.CCC.CN(C)C/C=C/C(=O)Nc1ccc(C(=O)N2CCCC(CNc3ncc(Cl)c(-c4c[nH]c5ccccc45)n3)C2)cc1. The number of carbonyl (C=O) groups excluding carboxylic acids is 2. The third kappa shape index (κ3) is 10.4. The zero-order chi connectivity index (χ0) is 33.5. The van der Waals surface area contributed by atoms with Gasteiger partial charge in [0, 0.05) is 66.2 Å². The van der Waals surface area contributed by atoms with E-state index in [2.05, 4.69) is 34.4 Å². The predicted octanol–water partition coefficient (Wildman–Crippen LogP) is 7.74. The summed E-state index contributed by atoms with van der Waals surface area (Å²) in [6, 6.07) is 15.1. The average molecular weight is 646 g/mol. The number of para-hydroxylation sites is 1. The fourth-order valence-electron chi connectivity index (χ4n) is 4.99. The van der Waals surface area contributed by atoms with Gasteiger partial charge in [-0.25, -0.2) is 9.97 Å². The van der Waals surface area contributed by atoms with Gasteiger partial charge in [-0.05, 0) is 63.2 Å². The molecule has 10 heteroatoms. The standard InChI is InChI=1S/C31H34ClN7O2.C3H8.C2H6/c1-38(2)15-6-10-28(40)36-23-13-11-22(12-14-23)30(41)39-16-5-7-21(20-39)17-34-31-35-19-26(32)29(37-31)25-18-33-27-9-4-3-8-24(25)27;1-3-2;1-2/h3-4,6,8-14,18-19,21,33H,5,7,15-17,20H2,1-2H3,(H,36,40)(H,34,35,37);3H2,1-2H3;1-2H3/b10-6+;;. The summed E-state index contributed by atoms with van der Waals surface area (Å²) in [5.41, 5.74) is 3.87. The number of likely N-dealkylation sites (tertiary alicyclic amines) is 1. The van der Waals surface area contributed by atoms with Crippen LogP contribution in [0.1, 0.15) is 57.3 Å². The monoisotopic (exact) mass is 645 g/mol. The topological polar surface area (TPSA) is 106 Å². The fraction of sp³-hybridized carbons (Fsp3) is 0.389. The van der Waals surface area contributed by atoms with Crippen LogP contribution in [0, 0.1) is 5.92 Å². The number of anilines is 2. The van der Waals surface area contributed by atoms with E-state index in [1.165, 1.54) is 12.5 Å². The minimum absolute atomic E-state index is 0.0113. The second-order valence-corrected chi connectivity index (χ2v) is 11.6. The lowest BCUT2D eigenvalue weighted by Crippen LogP contribution is -2.41. The lowest BCUT2D eigenvalue weighted by atomic mass is 9.97. The molecule has 1 aliphatic heterocycles. The van der Waals surface area contributed by atoms with Gasteiger partial charge in [-0.1, -0.05) is 70.0 Å². The van der Waals surface area contributed by atoms with Crippen LogP contribution in [0.5, 0.6) is 0 Å². The lowest BCUT2D eigenvalue weighted by molar-refractivity contribution is -0.111. The molecule has 1 aliphatic rings. The van der Waals surface area contributed by atoms with Gasteiger partial charge in [0.25, 0.3) is 5.91 Å². The Hall–Kier alpha value is -4.21. The van der Waals surface area contributed by atoms with Crippen molar-refractivity contribution in [2.24, 2.45) is 5.92 Å². The van der Waals surface area contributed by atoms with Crippen molar-refractivity contribution in [1.29, 1.82) is 0 Å². The fourth-order valence-corrected chi connectivity index (χ4v) is 5.19. The molecule has 2 amide bonds. The van der Waals surface area contributed by atoms with Crippen LogP contribution in [0.4, 0.5) is 11.6 Å². The van der Waals surface area contributed by atoms with E-state index in [4.69, 9.17) is 16.6 Å². The number of H-pyrrole nitrogens is 1. The number of fused-ring (bicyclic) bond motifs is 1. The van der Waals surface area contributed by atoms with Crippen molar-refractivity contribution < 1.29 is 9.59 Å². The largest absolute Gasteiger partial charge is 0.360 e. The van der Waals surface area contributed by atoms with Crippen molar-refractivity contribution in [2.75, 3.05) is 50.9 Å². The molecule has 0 spiro atoms. The van der Waals surface area contributed by atoms with Crippen LogP contribution in [-0.2, 0) is 4.79 Å². The number of hydrogen-bond donors (Lipinski definition) is 3. The normalized spacial score (nSPS) is 14.3. The van der Waals surface area contributed by atoms with Crippen molar-refractivity contribution in [3.63, 3.8) is 0 Å². The average Bonchev–Trinajstić information content (AvgIpc) is 3.50. The molecule has 3 N–H and O–H groups in total. The molecule has 246 valence electrons. The van der Waals surface area contributed by atoms with Crippen LogP contribution in [0.15, 0.2) is 73.1 Å². The molecule has 5 rings (SSSR count). The van der Waals surface area contributed by atoms with Crippen LogP contribution < -0.4 is 10.6 Å². The van der Waals surface area contributed by atoms with E-state index in [1.807, 2.05) is 68.2 Å². The summed E-state index contributed by atoms with van der Waals surface area (Å²) in [5.74, 6) is 0.557. The molecule has 9 nitrogen and oxygen atoms in total. The van der Waals surface area contributed by atoms with E-state index in [1.54, 1.807) is 36.5 Å². The Balaban J connectivity index is 0.00000109. The van der Waals surface area contributed by atoms with Gasteiger partial charge < -0.3 is 25.4 Å². The molecule has 2 aromatic carbocycles. The first-order valence-corrected chi connectivity index (χ1v) is 16.5. The lowest BCUT2D eigenvalue weighted by Gasteiger charge is -2.33. The molecule has 1 saturated heterocycles. The second kappa shape index (κ2) is 18.7. The van der Waals surface area contributed by atoms with Gasteiger partial charge in [-0.2, -0.15) is 0 Å². The summed E-state index contributed by atoms with van der Waals surface area (Å²) in [6.07, 6.45) is 10.0. The number of piperidine rings is 1. The quantitative estimate of drug-likeness (QED) is 0.161. The van der Waals surface area contributed by atoms with Crippen molar-refractivity contribution in [2.45, 2.75) is 47.0 Å².